The molecule has 19 heavy (non-hydrogen) atoms. The summed E-state index contributed by atoms with van der Waals surface area (Å²) in [6, 6.07) is 0.109. The van der Waals surface area contributed by atoms with Gasteiger partial charge in [-0.15, -0.1) is 13.2 Å². The summed E-state index contributed by atoms with van der Waals surface area (Å²) in [5.41, 5.74) is 0. The largest absolute Gasteiger partial charge is 0.573 e. The van der Waals surface area contributed by atoms with Gasteiger partial charge in [-0.2, -0.15) is 0 Å². The Morgan fingerprint density at radius 3 is 2.37 bits per heavy atom. The molecule has 0 aliphatic carbocycles. The molecule has 1 N–H and O–H groups in total. The zero-order chi connectivity index (χ0) is 15.0. The van der Waals surface area contributed by atoms with E-state index in [4.69, 9.17) is 15.8 Å². The second-order valence-electron chi connectivity index (χ2n) is 2.87. The first-order chi connectivity index (χ1) is 8.42. The van der Waals surface area contributed by atoms with Gasteiger partial charge in [0.25, 0.3) is 10.8 Å². The molecular weight excluding hydrogens is 321 g/mol. The Bertz CT molecular complexity index is 631. The number of hydrogen-bond donors (Lipinski definition) is 1. The quantitative estimate of drug-likeness (QED) is 0.509. The van der Waals surface area contributed by atoms with Gasteiger partial charge in [0.2, 0.25) is 0 Å². The van der Waals surface area contributed by atoms with Gasteiger partial charge < -0.3 is 20.0 Å². The number of halogens is 4. The van der Waals surface area contributed by atoms with Gasteiger partial charge in [-0.3, -0.25) is 0 Å². The van der Waals surface area contributed by atoms with E-state index in [1.54, 1.807) is 0 Å². The van der Waals surface area contributed by atoms with Crippen LogP contribution in [0.1, 0.15) is 0 Å². The Hall–Kier alpha value is -1.82. The second kappa shape index (κ2) is 4.70. The molecule has 0 bridgehead atoms. The van der Waals surface area contributed by atoms with Crippen LogP contribution < -0.4 is 4.74 Å². The normalized spacial score (nSPS) is 12.2. The van der Waals surface area contributed by atoms with E-state index in [1.165, 1.54) is 0 Å². The van der Waals surface area contributed by atoms with Gasteiger partial charge >= 0.3 is 21.2 Å². The van der Waals surface area contributed by atoms with Gasteiger partial charge in [0.05, 0.1) is 0 Å². The van der Waals surface area contributed by atoms with Crippen molar-refractivity contribution < 1.29 is 36.4 Å². The van der Waals surface area contributed by atoms with Crippen molar-refractivity contribution in [1.29, 1.82) is 0 Å². The Morgan fingerprint density at radius 1 is 1.47 bits per heavy atom. The summed E-state index contributed by atoms with van der Waals surface area (Å²) >= 11 is 0. The van der Waals surface area contributed by atoms with Crippen molar-refractivity contribution in [3.8, 4) is 11.5 Å². The molecule has 1 aromatic heterocycles. The maximum Gasteiger partial charge on any atom is 0.573 e. The Morgan fingerprint density at radius 2 is 2.00 bits per heavy atom. The summed E-state index contributed by atoms with van der Waals surface area (Å²) in [4.78, 5) is 11.8. The highest BCUT2D eigenvalue weighted by Crippen LogP contribution is 2.39. The number of aromatic hydroxyl groups is 1. The summed E-state index contributed by atoms with van der Waals surface area (Å²) in [6.45, 7) is 0. The van der Waals surface area contributed by atoms with Crippen molar-refractivity contribution in [2.75, 3.05) is 0 Å². The van der Waals surface area contributed by atoms with Gasteiger partial charge in [0.15, 0.2) is 5.75 Å². The lowest BCUT2D eigenvalue weighted by Gasteiger charge is -2.09. The average molecular weight is 323 g/mol. The highest BCUT2D eigenvalue weighted by molar-refractivity contribution is 8.13. The molecule has 0 spiro atoms. The predicted octanol–water partition coefficient (Wildman–Crippen LogP) is 1.52. The first kappa shape index (κ1) is 15.2. The molecule has 0 aromatic carbocycles. The first-order valence-electron chi connectivity index (χ1n) is 4.00. The summed E-state index contributed by atoms with van der Waals surface area (Å²) in [7, 11) is 0.144. The van der Waals surface area contributed by atoms with Crippen molar-refractivity contribution in [3.05, 3.63) is 16.2 Å². The first-order valence-corrected chi connectivity index (χ1v) is 6.31. The van der Waals surface area contributed by atoms with Crippen molar-refractivity contribution in [2.45, 2.75) is 11.4 Å². The Balaban J connectivity index is 3.54. The zero-order valence-electron chi connectivity index (χ0n) is 8.38. The third-order valence-corrected chi connectivity index (χ3v) is 2.75. The van der Waals surface area contributed by atoms with E-state index in [9.17, 15) is 31.7 Å². The maximum absolute atomic E-state index is 12.0. The van der Waals surface area contributed by atoms with E-state index in [1.807, 2.05) is 0 Å². The van der Waals surface area contributed by atoms with Gasteiger partial charge in [-0.25, -0.2) is 8.42 Å². The Kier molecular flexibility index (Phi) is 3.77. The lowest BCUT2D eigenvalue weighted by molar-refractivity contribution is -0.391. The minimum absolute atomic E-state index is 0.109. The minimum atomic E-state index is -5.31. The maximum atomic E-state index is 12.0. The van der Waals surface area contributed by atoms with E-state index >= 15 is 0 Å². The third kappa shape index (κ3) is 3.82. The van der Waals surface area contributed by atoms with Gasteiger partial charge in [0, 0.05) is 16.7 Å². The molecule has 0 aliphatic heterocycles. The molecule has 0 saturated heterocycles. The Labute approximate surface area is 107 Å². The molecule has 0 amide bonds. The molecule has 0 aliphatic rings. The van der Waals surface area contributed by atoms with Crippen LogP contribution in [0.2, 0.25) is 0 Å². The fourth-order valence-electron chi connectivity index (χ4n) is 0.935. The van der Waals surface area contributed by atoms with Crippen LogP contribution in [-0.2, 0) is 9.05 Å². The van der Waals surface area contributed by atoms with Gasteiger partial charge in [-0.05, 0) is 9.91 Å². The monoisotopic (exact) mass is 322 g/mol. The molecule has 1 heterocycles. The van der Waals surface area contributed by atoms with Crippen molar-refractivity contribution in [2.24, 2.45) is 0 Å². The number of ether oxygens (including phenoxy) is 1. The minimum Gasteiger partial charge on any atom is -0.498 e. The highest BCUT2D eigenvalue weighted by Gasteiger charge is 2.37. The number of rotatable bonds is 3. The molecule has 1 rings (SSSR count). The van der Waals surface area contributed by atoms with E-state index < -0.39 is 42.7 Å². The van der Waals surface area contributed by atoms with Crippen LogP contribution >= 0.6 is 10.7 Å². The molecule has 0 atom stereocenters. The molecule has 0 fully saturated rings. The van der Waals surface area contributed by atoms with E-state index in [0.29, 0.717) is 0 Å². The number of nitrogens with zero attached hydrogens (tertiary/aromatic N) is 2. The van der Waals surface area contributed by atoms with Crippen molar-refractivity contribution >= 4 is 25.6 Å². The zero-order valence-corrected chi connectivity index (χ0v) is 9.95. The lowest BCUT2D eigenvalue weighted by atomic mass is 10.4. The van der Waals surface area contributed by atoms with Crippen LogP contribution in [0.4, 0.5) is 19.0 Å². The summed E-state index contributed by atoms with van der Waals surface area (Å²) in [5, 5.41) is 18.3. The van der Waals surface area contributed by atoms with Gasteiger partial charge in [0.1, 0.15) is 0 Å². The fraction of sp³-hybridized carbons (Fsp3) is 0.167. The molecule has 13 heteroatoms. The van der Waals surface area contributed by atoms with Crippen LogP contribution in [0.3, 0.4) is 0 Å². The molecule has 8 nitrogen and oxygen atoms in total. The summed E-state index contributed by atoms with van der Waals surface area (Å²) in [5.74, 6) is -4.62. The fourth-order valence-corrected chi connectivity index (χ4v) is 1.62. The highest BCUT2D eigenvalue weighted by atomic mass is 35.7. The standard InChI is InChI=1S/C6H2ClF3N2O6S/c7-19(16,17)3-1-2(18-6(8,9)10)4(13)5(11-3)12(14)15/h1,13H. The summed E-state index contributed by atoms with van der Waals surface area (Å²) in [6.07, 6.45) is -5.31. The van der Waals surface area contributed by atoms with E-state index in [2.05, 4.69) is 9.72 Å². The third-order valence-electron chi connectivity index (χ3n) is 1.56. The topological polar surface area (TPSA) is 120 Å². The number of hydrogen-bond acceptors (Lipinski definition) is 7. The van der Waals surface area contributed by atoms with Crippen molar-refractivity contribution in [1.82, 2.24) is 4.98 Å². The average Bonchev–Trinajstić information content (AvgIpc) is 2.16. The van der Waals surface area contributed by atoms with Crippen LogP contribution in [-0.4, -0.2) is 29.8 Å². The SMILES string of the molecule is O=[N+]([O-])c1nc(S(=O)(=O)Cl)cc(OC(F)(F)F)c1O. The van der Waals surface area contributed by atoms with Gasteiger partial charge in [-0.1, -0.05) is 0 Å². The molecule has 0 unspecified atom stereocenters. The molecule has 0 radical (unpaired) electrons. The van der Waals surface area contributed by atoms with Crippen LogP contribution in [0.25, 0.3) is 0 Å². The van der Waals surface area contributed by atoms with E-state index in [-0.39, 0.29) is 6.07 Å². The number of pyridine rings is 1. The molecular formula is C6H2ClF3N2O6S. The number of alkyl halides is 3. The van der Waals surface area contributed by atoms with Crippen LogP contribution in [0.15, 0.2) is 11.1 Å². The van der Waals surface area contributed by atoms with Crippen LogP contribution in [0, 0.1) is 10.1 Å². The molecule has 0 saturated carbocycles. The van der Waals surface area contributed by atoms with Crippen molar-refractivity contribution in [3.63, 3.8) is 0 Å². The molecule has 1 aromatic rings. The predicted molar refractivity (Wildman–Crippen MR) is 52.3 cm³/mol. The lowest BCUT2D eigenvalue weighted by Crippen LogP contribution is -2.18. The number of nitro groups is 1. The summed E-state index contributed by atoms with van der Waals surface area (Å²) < 4.78 is 61.0. The van der Waals surface area contributed by atoms with Crippen LogP contribution in [0.5, 0.6) is 11.5 Å². The smallest absolute Gasteiger partial charge is 0.498 e. The molecule has 106 valence electrons. The van der Waals surface area contributed by atoms with E-state index in [0.717, 1.165) is 0 Å². The number of aromatic nitrogens is 1. The second-order valence-corrected chi connectivity index (χ2v) is 5.39.